The van der Waals surface area contributed by atoms with Gasteiger partial charge in [0, 0.05) is 13.1 Å². The first-order valence-corrected chi connectivity index (χ1v) is 6.37. The standard InChI is InChI=1S/C12H23NO2/c1-2-10-6-8-13(9-7-10)12(14)15-11-4-3-5-11/h10-12,14H,2-9H2,1H3. The van der Waals surface area contributed by atoms with Crippen LogP contribution < -0.4 is 0 Å². The number of nitrogens with zero attached hydrogens (tertiary/aromatic N) is 1. The second-order valence-electron chi connectivity index (χ2n) is 4.90. The molecule has 3 heteroatoms. The largest absolute Gasteiger partial charge is 0.356 e. The molecule has 88 valence electrons. The highest BCUT2D eigenvalue weighted by Crippen LogP contribution is 2.26. The van der Waals surface area contributed by atoms with Gasteiger partial charge in [-0.15, -0.1) is 0 Å². The van der Waals surface area contributed by atoms with E-state index in [2.05, 4.69) is 11.8 Å². The molecule has 0 aromatic carbocycles. The van der Waals surface area contributed by atoms with E-state index < -0.39 is 6.41 Å². The summed E-state index contributed by atoms with van der Waals surface area (Å²) in [6.45, 7) is 4.24. The second-order valence-corrected chi connectivity index (χ2v) is 4.90. The Morgan fingerprint density at radius 2 is 1.93 bits per heavy atom. The third kappa shape index (κ3) is 2.92. The van der Waals surface area contributed by atoms with Crippen LogP contribution in [0.2, 0.25) is 0 Å². The Morgan fingerprint density at radius 3 is 2.40 bits per heavy atom. The van der Waals surface area contributed by atoms with Gasteiger partial charge in [-0.05, 0) is 38.0 Å². The van der Waals surface area contributed by atoms with Crippen molar-refractivity contribution in [3.63, 3.8) is 0 Å². The second kappa shape index (κ2) is 5.28. The Balaban J connectivity index is 1.69. The van der Waals surface area contributed by atoms with Crippen molar-refractivity contribution in [2.45, 2.75) is 58.0 Å². The van der Waals surface area contributed by atoms with E-state index in [9.17, 15) is 5.11 Å². The Kier molecular flexibility index (Phi) is 4.00. The van der Waals surface area contributed by atoms with E-state index in [4.69, 9.17) is 4.74 Å². The number of rotatable bonds is 4. The van der Waals surface area contributed by atoms with Crippen molar-refractivity contribution in [1.82, 2.24) is 4.90 Å². The lowest BCUT2D eigenvalue weighted by Crippen LogP contribution is -2.45. The molecule has 1 saturated carbocycles. The Morgan fingerprint density at radius 1 is 1.27 bits per heavy atom. The smallest absolute Gasteiger partial charge is 0.216 e. The molecule has 0 bridgehead atoms. The minimum absolute atomic E-state index is 0.323. The predicted molar refractivity (Wildman–Crippen MR) is 59.3 cm³/mol. The normalized spacial score (nSPS) is 27.6. The summed E-state index contributed by atoms with van der Waals surface area (Å²) >= 11 is 0. The molecule has 1 heterocycles. The van der Waals surface area contributed by atoms with Gasteiger partial charge in [-0.2, -0.15) is 0 Å². The number of aliphatic hydroxyl groups is 1. The van der Waals surface area contributed by atoms with E-state index in [-0.39, 0.29) is 0 Å². The molecule has 15 heavy (non-hydrogen) atoms. The fourth-order valence-corrected chi connectivity index (χ4v) is 2.35. The minimum atomic E-state index is -0.645. The number of hydrogen-bond acceptors (Lipinski definition) is 3. The number of likely N-dealkylation sites (tertiary alicyclic amines) is 1. The van der Waals surface area contributed by atoms with Gasteiger partial charge in [0.1, 0.15) is 0 Å². The van der Waals surface area contributed by atoms with Crippen molar-refractivity contribution in [3.8, 4) is 0 Å². The van der Waals surface area contributed by atoms with E-state index in [1.807, 2.05) is 0 Å². The van der Waals surface area contributed by atoms with Crippen molar-refractivity contribution in [3.05, 3.63) is 0 Å². The van der Waals surface area contributed by atoms with E-state index in [1.165, 1.54) is 25.7 Å². The van der Waals surface area contributed by atoms with E-state index in [0.717, 1.165) is 31.8 Å². The van der Waals surface area contributed by atoms with Crippen molar-refractivity contribution >= 4 is 0 Å². The monoisotopic (exact) mass is 213 g/mol. The van der Waals surface area contributed by atoms with Crippen LogP contribution in [-0.2, 0) is 4.74 Å². The van der Waals surface area contributed by atoms with Gasteiger partial charge in [0.25, 0.3) is 0 Å². The summed E-state index contributed by atoms with van der Waals surface area (Å²) in [6, 6.07) is 0. The molecule has 2 rings (SSSR count). The summed E-state index contributed by atoms with van der Waals surface area (Å²) in [7, 11) is 0. The van der Waals surface area contributed by atoms with E-state index in [1.54, 1.807) is 0 Å². The third-order valence-corrected chi connectivity index (χ3v) is 3.91. The summed E-state index contributed by atoms with van der Waals surface area (Å²) in [4.78, 5) is 2.07. The SMILES string of the molecule is CCC1CCN(C(O)OC2CCC2)CC1. The molecule has 1 aliphatic heterocycles. The number of aliphatic hydroxyl groups excluding tert-OH is 1. The van der Waals surface area contributed by atoms with Crippen molar-refractivity contribution in [2.75, 3.05) is 13.1 Å². The first-order chi connectivity index (χ1) is 7.29. The summed E-state index contributed by atoms with van der Waals surface area (Å²) in [5.41, 5.74) is 0. The summed E-state index contributed by atoms with van der Waals surface area (Å²) in [6.07, 6.45) is 6.88. The predicted octanol–water partition coefficient (Wildman–Crippen LogP) is 1.95. The zero-order valence-corrected chi connectivity index (χ0v) is 9.69. The minimum Gasteiger partial charge on any atom is -0.356 e. The lowest BCUT2D eigenvalue weighted by atomic mass is 9.94. The van der Waals surface area contributed by atoms with Crippen LogP contribution in [0.25, 0.3) is 0 Å². The lowest BCUT2D eigenvalue weighted by Gasteiger charge is -2.37. The molecule has 0 radical (unpaired) electrons. The molecule has 1 unspecified atom stereocenters. The molecule has 0 amide bonds. The van der Waals surface area contributed by atoms with Crippen LogP contribution >= 0.6 is 0 Å². The van der Waals surface area contributed by atoms with Gasteiger partial charge in [0.2, 0.25) is 6.41 Å². The van der Waals surface area contributed by atoms with E-state index >= 15 is 0 Å². The van der Waals surface area contributed by atoms with Crippen LogP contribution in [0.5, 0.6) is 0 Å². The molecule has 1 N–H and O–H groups in total. The highest BCUT2D eigenvalue weighted by atomic mass is 16.6. The maximum atomic E-state index is 9.87. The first-order valence-electron chi connectivity index (χ1n) is 6.37. The van der Waals surface area contributed by atoms with Crippen LogP contribution in [0.15, 0.2) is 0 Å². The van der Waals surface area contributed by atoms with Gasteiger partial charge >= 0.3 is 0 Å². The first kappa shape index (κ1) is 11.4. The number of hydrogen-bond donors (Lipinski definition) is 1. The Bertz CT molecular complexity index is 186. The van der Waals surface area contributed by atoms with Crippen LogP contribution in [0.4, 0.5) is 0 Å². The van der Waals surface area contributed by atoms with Crippen LogP contribution in [0.3, 0.4) is 0 Å². The molecule has 1 aliphatic carbocycles. The van der Waals surface area contributed by atoms with Crippen molar-refractivity contribution in [2.24, 2.45) is 5.92 Å². The highest BCUT2D eigenvalue weighted by Gasteiger charge is 2.27. The molecule has 2 aliphatic rings. The Hall–Kier alpha value is -0.120. The average Bonchev–Trinajstić information content (AvgIpc) is 2.23. The maximum Gasteiger partial charge on any atom is 0.216 e. The van der Waals surface area contributed by atoms with Crippen molar-refractivity contribution in [1.29, 1.82) is 0 Å². The zero-order chi connectivity index (χ0) is 10.7. The molecule has 1 saturated heterocycles. The fraction of sp³-hybridized carbons (Fsp3) is 1.00. The maximum absolute atomic E-state index is 9.87. The molecule has 0 aromatic heterocycles. The topological polar surface area (TPSA) is 32.7 Å². The van der Waals surface area contributed by atoms with Gasteiger partial charge in [0.15, 0.2) is 0 Å². The zero-order valence-electron chi connectivity index (χ0n) is 9.69. The highest BCUT2D eigenvalue weighted by molar-refractivity contribution is 4.73. The molecule has 0 aromatic rings. The fourth-order valence-electron chi connectivity index (χ4n) is 2.35. The molecule has 3 nitrogen and oxygen atoms in total. The van der Waals surface area contributed by atoms with Gasteiger partial charge < -0.3 is 9.84 Å². The molecule has 1 atom stereocenters. The van der Waals surface area contributed by atoms with E-state index in [0.29, 0.717) is 6.10 Å². The van der Waals surface area contributed by atoms with Crippen molar-refractivity contribution < 1.29 is 9.84 Å². The van der Waals surface area contributed by atoms with Gasteiger partial charge in [-0.25, -0.2) is 0 Å². The van der Waals surface area contributed by atoms with Gasteiger partial charge in [-0.1, -0.05) is 13.3 Å². The number of ether oxygens (including phenoxy) is 1. The number of piperidine rings is 1. The Labute approximate surface area is 92.4 Å². The summed E-state index contributed by atoms with van der Waals surface area (Å²) in [5, 5.41) is 9.87. The molecular formula is C12H23NO2. The van der Waals surface area contributed by atoms with Crippen LogP contribution in [0, 0.1) is 5.92 Å². The van der Waals surface area contributed by atoms with Gasteiger partial charge in [0.05, 0.1) is 6.10 Å². The van der Waals surface area contributed by atoms with Gasteiger partial charge in [-0.3, -0.25) is 4.90 Å². The molecular weight excluding hydrogens is 190 g/mol. The average molecular weight is 213 g/mol. The summed E-state index contributed by atoms with van der Waals surface area (Å²) < 4.78 is 5.58. The van der Waals surface area contributed by atoms with Crippen LogP contribution in [-0.4, -0.2) is 35.6 Å². The van der Waals surface area contributed by atoms with Crippen LogP contribution in [0.1, 0.15) is 45.4 Å². The molecule has 0 spiro atoms. The third-order valence-electron chi connectivity index (χ3n) is 3.91. The quantitative estimate of drug-likeness (QED) is 0.725. The lowest BCUT2D eigenvalue weighted by molar-refractivity contribution is -0.235. The molecule has 2 fully saturated rings. The summed E-state index contributed by atoms with van der Waals surface area (Å²) in [5.74, 6) is 0.858.